The van der Waals surface area contributed by atoms with Crippen molar-refractivity contribution in [1.29, 1.82) is 0 Å². The molecule has 8 heteroatoms. The highest BCUT2D eigenvalue weighted by Crippen LogP contribution is 2.33. The maximum absolute atomic E-state index is 12.0. The first-order valence-electron chi connectivity index (χ1n) is 13.0. The maximum Gasteiger partial charge on any atom is 0.407 e. The molecule has 198 valence electrons. The Morgan fingerprint density at radius 3 is 1.12 bits per heavy atom. The highest BCUT2D eigenvalue weighted by Gasteiger charge is 2.42. The van der Waals surface area contributed by atoms with Crippen molar-refractivity contribution in [3.05, 3.63) is 0 Å². The SMILES string of the molecule is CC1(C)CC(N(CCCCCCN(C(=O)O)C2CC(C)(C)NC(C)(C)C2)C(=O)O)CC(C)(C)N1. The molecule has 2 saturated heterocycles. The molecule has 0 aromatic rings. The fraction of sp³-hybridized carbons (Fsp3) is 0.923. The van der Waals surface area contributed by atoms with E-state index in [1.807, 2.05) is 0 Å². The van der Waals surface area contributed by atoms with Crippen molar-refractivity contribution in [1.82, 2.24) is 20.4 Å². The number of unbranched alkanes of at least 4 members (excludes halogenated alkanes) is 3. The molecule has 34 heavy (non-hydrogen) atoms. The molecular formula is C26H50N4O4. The van der Waals surface area contributed by atoms with E-state index in [2.05, 4.69) is 66.0 Å². The number of piperidine rings is 2. The van der Waals surface area contributed by atoms with E-state index in [0.717, 1.165) is 51.4 Å². The van der Waals surface area contributed by atoms with E-state index >= 15 is 0 Å². The zero-order chi connectivity index (χ0) is 25.9. The van der Waals surface area contributed by atoms with Gasteiger partial charge in [-0.25, -0.2) is 9.59 Å². The largest absolute Gasteiger partial charge is 0.465 e. The van der Waals surface area contributed by atoms with E-state index in [0.29, 0.717) is 13.1 Å². The zero-order valence-corrected chi connectivity index (χ0v) is 22.8. The molecule has 0 aromatic carbocycles. The van der Waals surface area contributed by atoms with Gasteiger partial charge in [0, 0.05) is 47.3 Å². The Morgan fingerprint density at radius 1 is 0.618 bits per heavy atom. The second kappa shape index (κ2) is 10.6. The van der Waals surface area contributed by atoms with Gasteiger partial charge in [-0.2, -0.15) is 0 Å². The molecule has 4 N–H and O–H groups in total. The number of amides is 2. The Labute approximate surface area is 206 Å². The number of hydrogen-bond donors (Lipinski definition) is 4. The van der Waals surface area contributed by atoms with Gasteiger partial charge in [0.1, 0.15) is 0 Å². The standard InChI is InChI=1S/C26H50N4O4/c1-23(2)15-19(16-24(3,4)27-23)29(21(31)32)13-11-9-10-12-14-30(22(33)34)20-17-25(5,6)28-26(7,8)18-20/h19-20,27-28H,9-18H2,1-8H3,(H,31,32)(H,33,34). The summed E-state index contributed by atoms with van der Waals surface area (Å²) in [4.78, 5) is 27.3. The Balaban J connectivity index is 1.83. The number of hydrogen-bond acceptors (Lipinski definition) is 4. The molecule has 0 bridgehead atoms. The average molecular weight is 483 g/mol. The minimum absolute atomic E-state index is 0.0119. The van der Waals surface area contributed by atoms with Crippen LogP contribution in [0.2, 0.25) is 0 Å². The van der Waals surface area contributed by atoms with Crippen LogP contribution in [-0.2, 0) is 0 Å². The predicted octanol–water partition coefficient (Wildman–Crippen LogP) is 5.13. The van der Waals surface area contributed by atoms with Gasteiger partial charge in [0.2, 0.25) is 0 Å². The summed E-state index contributed by atoms with van der Waals surface area (Å²) in [6.07, 6.45) is 4.95. The zero-order valence-electron chi connectivity index (χ0n) is 22.8. The molecule has 0 spiro atoms. The van der Waals surface area contributed by atoms with Gasteiger partial charge in [-0.15, -0.1) is 0 Å². The molecule has 2 fully saturated rings. The van der Waals surface area contributed by atoms with Crippen LogP contribution in [0.15, 0.2) is 0 Å². The molecule has 2 heterocycles. The van der Waals surface area contributed by atoms with Crippen molar-refractivity contribution in [3.63, 3.8) is 0 Å². The van der Waals surface area contributed by atoms with E-state index in [9.17, 15) is 19.8 Å². The molecule has 0 unspecified atom stereocenters. The summed E-state index contributed by atoms with van der Waals surface area (Å²) in [6, 6.07) is 0.0238. The van der Waals surface area contributed by atoms with Crippen LogP contribution in [0.3, 0.4) is 0 Å². The van der Waals surface area contributed by atoms with Gasteiger partial charge in [-0.3, -0.25) is 0 Å². The molecule has 2 amide bonds. The Kier molecular flexibility index (Phi) is 8.95. The van der Waals surface area contributed by atoms with Crippen molar-refractivity contribution in [2.75, 3.05) is 13.1 Å². The van der Waals surface area contributed by atoms with Gasteiger partial charge >= 0.3 is 12.2 Å². The van der Waals surface area contributed by atoms with Crippen LogP contribution in [0.4, 0.5) is 9.59 Å². The third-order valence-corrected chi connectivity index (χ3v) is 7.26. The third-order valence-electron chi connectivity index (χ3n) is 7.26. The van der Waals surface area contributed by atoms with E-state index in [1.165, 1.54) is 0 Å². The highest BCUT2D eigenvalue weighted by atomic mass is 16.4. The van der Waals surface area contributed by atoms with Gasteiger partial charge in [-0.1, -0.05) is 12.8 Å². The van der Waals surface area contributed by atoms with Crippen molar-refractivity contribution in [3.8, 4) is 0 Å². The number of nitrogens with one attached hydrogen (secondary N) is 2. The summed E-state index contributed by atoms with van der Waals surface area (Å²) in [5, 5.41) is 27.0. The summed E-state index contributed by atoms with van der Waals surface area (Å²) in [6.45, 7) is 18.2. The first-order valence-corrected chi connectivity index (χ1v) is 13.0. The van der Waals surface area contributed by atoms with Crippen LogP contribution in [0.5, 0.6) is 0 Å². The van der Waals surface area contributed by atoms with Crippen LogP contribution in [-0.4, -0.2) is 79.5 Å². The fourth-order valence-corrected chi connectivity index (χ4v) is 6.76. The molecule has 2 aliphatic heterocycles. The molecule has 0 atom stereocenters. The Bertz CT molecular complexity index is 628. The molecule has 0 aliphatic carbocycles. The second-order valence-corrected chi connectivity index (χ2v) is 13.3. The lowest BCUT2D eigenvalue weighted by molar-refractivity contribution is 0.0588. The summed E-state index contributed by atoms with van der Waals surface area (Å²) in [5.41, 5.74) is -0.396. The van der Waals surface area contributed by atoms with Crippen LogP contribution < -0.4 is 10.6 Å². The van der Waals surface area contributed by atoms with Gasteiger partial charge in [0.15, 0.2) is 0 Å². The second-order valence-electron chi connectivity index (χ2n) is 13.3. The average Bonchev–Trinajstić information content (AvgIpc) is 2.57. The topological polar surface area (TPSA) is 105 Å². The Morgan fingerprint density at radius 2 is 0.882 bits per heavy atom. The molecule has 0 aromatic heterocycles. The first-order chi connectivity index (χ1) is 15.4. The Hall–Kier alpha value is -1.54. The van der Waals surface area contributed by atoms with Crippen LogP contribution in [0, 0.1) is 0 Å². The molecule has 8 nitrogen and oxygen atoms in total. The lowest BCUT2D eigenvalue weighted by atomic mass is 9.79. The van der Waals surface area contributed by atoms with E-state index in [-0.39, 0.29) is 34.2 Å². The van der Waals surface area contributed by atoms with E-state index < -0.39 is 12.2 Å². The molecule has 0 saturated carbocycles. The minimum atomic E-state index is -0.841. The third kappa shape index (κ3) is 8.59. The number of carboxylic acid groups (broad SMARTS) is 2. The van der Waals surface area contributed by atoms with Crippen LogP contribution >= 0.6 is 0 Å². The number of nitrogens with zero attached hydrogens (tertiary/aromatic N) is 2. The van der Waals surface area contributed by atoms with Crippen LogP contribution in [0.1, 0.15) is 107 Å². The van der Waals surface area contributed by atoms with Gasteiger partial charge < -0.3 is 30.6 Å². The smallest absolute Gasteiger partial charge is 0.407 e. The lowest BCUT2D eigenvalue weighted by Crippen LogP contribution is -2.62. The summed E-state index contributed by atoms with van der Waals surface area (Å²) < 4.78 is 0. The fourth-order valence-electron chi connectivity index (χ4n) is 6.76. The van der Waals surface area contributed by atoms with Crippen molar-refractivity contribution in [2.45, 2.75) is 141 Å². The highest BCUT2D eigenvalue weighted by molar-refractivity contribution is 5.66. The molecule has 2 rings (SSSR count). The van der Waals surface area contributed by atoms with Gasteiger partial charge in [-0.05, 0) is 93.9 Å². The predicted molar refractivity (Wildman–Crippen MR) is 137 cm³/mol. The lowest BCUT2D eigenvalue weighted by Gasteiger charge is -2.49. The van der Waals surface area contributed by atoms with E-state index in [4.69, 9.17) is 0 Å². The van der Waals surface area contributed by atoms with Crippen LogP contribution in [0.25, 0.3) is 0 Å². The maximum atomic E-state index is 12.0. The number of carbonyl (C=O) groups is 2. The van der Waals surface area contributed by atoms with Crippen molar-refractivity contribution >= 4 is 12.2 Å². The summed E-state index contributed by atoms with van der Waals surface area (Å²) >= 11 is 0. The van der Waals surface area contributed by atoms with Gasteiger partial charge in [0.05, 0.1) is 0 Å². The monoisotopic (exact) mass is 482 g/mol. The number of rotatable bonds is 9. The molecule has 2 aliphatic rings. The van der Waals surface area contributed by atoms with E-state index in [1.54, 1.807) is 9.80 Å². The summed E-state index contributed by atoms with van der Waals surface area (Å²) in [5.74, 6) is 0. The minimum Gasteiger partial charge on any atom is -0.465 e. The quantitative estimate of drug-likeness (QED) is 0.340. The molecular weight excluding hydrogens is 432 g/mol. The van der Waals surface area contributed by atoms with Gasteiger partial charge in [0.25, 0.3) is 0 Å². The molecule has 0 radical (unpaired) electrons. The first kappa shape index (κ1) is 28.7. The normalized spacial score (nSPS) is 23.9. The van der Waals surface area contributed by atoms with Crippen molar-refractivity contribution in [2.24, 2.45) is 0 Å². The van der Waals surface area contributed by atoms with Crippen molar-refractivity contribution < 1.29 is 19.8 Å². The summed E-state index contributed by atoms with van der Waals surface area (Å²) in [7, 11) is 0.